The van der Waals surface area contributed by atoms with Crippen LogP contribution in [-0.2, 0) is 22.3 Å². The molecule has 1 aromatic carbocycles. The van der Waals surface area contributed by atoms with Crippen LogP contribution in [0.5, 0.6) is 5.75 Å². The summed E-state index contributed by atoms with van der Waals surface area (Å²) in [5.74, 6) is 0.995. The van der Waals surface area contributed by atoms with E-state index in [0.717, 1.165) is 10.7 Å². The first-order chi connectivity index (χ1) is 8.99. The van der Waals surface area contributed by atoms with Gasteiger partial charge in [-0.15, -0.1) is 22.9 Å². The fourth-order valence-corrected chi connectivity index (χ4v) is 2.97. The summed E-state index contributed by atoms with van der Waals surface area (Å²) in [5.41, 5.74) is 0.831. The van der Waals surface area contributed by atoms with E-state index in [2.05, 4.69) is 4.98 Å². The molecular formula is C12H12ClNO3S2. The first-order valence-corrected chi connectivity index (χ1v) is 8.72. The normalized spacial score (nSPS) is 11.5. The molecule has 0 atom stereocenters. The van der Waals surface area contributed by atoms with Crippen LogP contribution in [-0.4, -0.2) is 19.7 Å². The highest BCUT2D eigenvalue weighted by molar-refractivity contribution is 7.90. The molecule has 1 heterocycles. The molecule has 4 nitrogen and oxygen atoms in total. The van der Waals surface area contributed by atoms with Gasteiger partial charge in [0.15, 0.2) is 9.84 Å². The van der Waals surface area contributed by atoms with Crippen LogP contribution in [0.25, 0.3) is 0 Å². The molecule has 102 valence electrons. The van der Waals surface area contributed by atoms with Crippen molar-refractivity contribution in [2.45, 2.75) is 17.4 Å². The summed E-state index contributed by atoms with van der Waals surface area (Å²) in [5, 5.41) is 2.72. The zero-order valence-electron chi connectivity index (χ0n) is 10.2. The molecule has 0 saturated carbocycles. The van der Waals surface area contributed by atoms with Crippen molar-refractivity contribution in [3.63, 3.8) is 0 Å². The van der Waals surface area contributed by atoms with Crippen LogP contribution in [0.3, 0.4) is 0 Å². The maximum absolute atomic E-state index is 11.3. The molecule has 0 aliphatic heterocycles. The van der Waals surface area contributed by atoms with Gasteiger partial charge >= 0.3 is 0 Å². The lowest BCUT2D eigenvalue weighted by Gasteiger charge is -2.04. The molecule has 1 aromatic heterocycles. The smallest absolute Gasteiger partial charge is 0.175 e. The maximum atomic E-state index is 11.3. The van der Waals surface area contributed by atoms with Crippen LogP contribution in [0.1, 0.15) is 10.7 Å². The molecule has 0 radical (unpaired) electrons. The van der Waals surface area contributed by atoms with E-state index in [1.54, 1.807) is 12.1 Å². The van der Waals surface area contributed by atoms with Gasteiger partial charge in [0.05, 0.1) is 16.5 Å². The molecule has 0 saturated heterocycles. The zero-order valence-corrected chi connectivity index (χ0v) is 12.6. The zero-order chi connectivity index (χ0) is 13.9. The summed E-state index contributed by atoms with van der Waals surface area (Å²) in [6.07, 6.45) is 1.17. The minimum Gasteiger partial charge on any atom is -0.486 e. The standard InChI is InChI=1S/C12H12ClNO3S2/c1-19(15,16)11-4-2-10(3-5-11)17-7-12-14-9(6-13)8-18-12/h2-5,8H,6-7H2,1H3. The molecular weight excluding hydrogens is 306 g/mol. The van der Waals surface area contributed by atoms with Crippen molar-refractivity contribution in [1.82, 2.24) is 4.98 Å². The van der Waals surface area contributed by atoms with Crippen LogP contribution >= 0.6 is 22.9 Å². The van der Waals surface area contributed by atoms with Crippen LogP contribution in [0.15, 0.2) is 34.5 Å². The summed E-state index contributed by atoms with van der Waals surface area (Å²) < 4.78 is 28.1. The number of halogens is 1. The number of alkyl halides is 1. The van der Waals surface area contributed by atoms with E-state index >= 15 is 0 Å². The Morgan fingerprint density at radius 3 is 2.53 bits per heavy atom. The molecule has 0 fully saturated rings. The monoisotopic (exact) mass is 317 g/mol. The van der Waals surface area contributed by atoms with Gasteiger partial charge in [0, 0.05) is 11.6 Å². The van der Waals surface area contributed by atoms with Crippen molar-refractivity contribution in [2.24, 2.45) is 0 Å². The predicted octanol–water partition coefficient (Wildman–Crippen LogP) is 2.86. The summed E-state index contributed by atoms with van der Waals surface area (Å²) in [4.78, 5) is 4.54. The Morgan fingerprint density at radius 2 is 2.00 bits per heavy atom. The number of sulfone groups is 1. The van der Waals surface area contributed by atoms with E-state index in [0.29, 0.717) is 18.2 Å². The Labute approximate surface area is 120 Å². The molecule has 2 rings (SSSR count). The first kappa shape index (κ1) is 14.3. The fourth-order valence-electron chi connectivity index (χ4n) is 1.40. The molecule has 0 spiro atoms. The van der Waals surface area contributed by atoms with E-state index in [9.17, 15) is 8.42 Å². The topological polar surface area (TPSA) is 56.3 Å². The van der Waals surface area contributed by atoms with Gasteiger partial charge in [-0.2, -0.15) is 0 Å². The average Bonchev–Trinajstić information content (AvgIpc) is 2.84. The largest absolute Gasteiger partial charge is 0.486 e. The third kappa shape index (κ3) is 3.92. The van der Waals surface area contributed by atoms with E-state index in [4.69, 9.17) is 16.3 Å². The predicted molar refractivity (Wildman–Crippen MR) is 75.6 cm³/mol. The Hall–Kier alpha value is -1.11. The van der Waals surface area contributed by atoms with Crippen LogP contribution < -0.4 is 4.74 Å². The van der Waals surface area contributed by atoms with Gasteiger partial charge in [-0.05, 0) is 24.3 Å². The molecule has 0 aliphatic carbocycles. The van der Waals surface area contributed by atoms with Gasteiger partial charge in [0.2, 0.25) is 0 Å². The number of rotatable bonds is 5. The van der Waals surface area contributed by atoms with Gasteiger partial charge in [-0.3, -0.25) is 0 Å². The summed E-state index contributed by atoms with van der Waals surface area (Å²) in [7, 11) is -3.17. The molecule has 0 unspecified atom stereocenters. The Balaban J connectivity index is 2.00. The summed E-state index contributed by atoms with van der Waals surface area (Å²) in [6.45, 7) is 0.347. The Kier molecular flexibility index (Phi) is 4.44. The van der Waals surface area contributed by atoms with Crippen molar-refractivity contribution in [3.8, 4) is 5.75 Å². The third-order valence-electron chi connectivity index (χ3n) is 2.35. The molecule has 0 amide bonds. The fraction of sp³-hybridized carbons (Fsp3) is 0.250. The van der Waals surface area contributed by atoms with Gasteiger partial charge in [-0.25, -0.2) is 13.4 Å². The quantitative estimate of drug-likeness (QED) is 0.796. The van der Waals surface area contributed by atoms with Gasteiger partial charge in [0.25, 0.3) is 0 Å². The highest BCUT2D eigenvalue weighted by Gasteiger charge is 2.07. The number of nitrogens with zero attached hydrogens (tertiary/aromatic N) is 1. The summed E-state index contributed by atoms with van der Waals surface area (Å²) in [6, 6.07) is 6.31. The number of benzene rings is 1. The van der Waals surface area contributed by atoms with E-state index in [1.807, 2.05) is 5.38 Å². The van der Waals surface area contributed by atoms with E-state index in [-0.39, 0.29) is 4.90 Å². The lowest BCUT2D eigenvalue weighted by atomic mass is 10.3. The minimum atomic E-state index is -3.17. The molecule has 19 heavy (non-hydrogen) atoms. The van der Waals surface area contributed by atoms with Crippen LogP contribution in [0, 0.1) is 0 Å². The van der Waals surface area contributed by atoms with E-state index < -0.39 is 9.84 Å². The number of hydrogen-bond donors (Lipinski definition) is 0. The van der Waals surface area contributed by atoms with Crippen molar-refractivity contribution in [1.29, 1.82) is 0 Å². The van der Waals surface area contributed by atoms with E-state index in [1.165, 1.54) is 29.7 Å². The number of ether oxygens (including phenoxy) is 1. The molecule has 7 heteroatoms. The van der Waals surface area contributed by atoms with Crippen molar-refractivity contribution in [3.05, 3.63) is 40.3 Å². The summed E-state index contributed by atoms with van der Waals surface area (Å²) >= 11 is 7.15. The van der Waals surface area contributed by atoms with Gasteiger partial charge in [-0.1, -0.05) is 0 Å². The van der Waals surface area contributed by atoms with Crippen molar-refractivity contribution in [2.75, 3.05) is 6.26 Å². The van der Waals surface area contributed by atoms with Gasteiger partial charge in [0.1, 0.15) is 17.4 Å². The molecule has 2 aromatic rings. The number of hydrogen-bond acceptors (Lipinski definition) is 5. The molecule has 0 N–H and O–H groups in total. The molecule has 0 aliphatic rings. The highest BCUT2D eigenvalue weighted by Crippen LogP contribution is 2.18. The lowest BCUT2D eigenvalue weighted by molar-refractivity contribution is 0.305. The second-order valence-corrected chi connectivity index (χ2v) is 7.12. The third-order valence-corrected chi connectivity index (χ3v) is 4.62. The number of thiazole rings is 1. The highest BCUT2D eigenvalue weighted by atomic mass is 35.5. The maximum Gasteiger partial charge on any atom is 0.175 e. The molecule has 0 bridgehead atoms. The number of aromatic nitrogens is 1. The second-order valence-electron chi connectivity index (χ2n) is 3.90. The van der Waals surface area contributed by atoms with Crippen LogP contribution in [0.2, 0.25) is 0 Å². The lowest BCUT2D eigenvalue weighted by Crippen LogP contribution is -1.98. The Bertz CT molecular complexity index is 650. The first-order valence-electron chi connectivity index (χ1n) is 5.41. The minimum absolute atomic E-state index is 0.276. The Morgan fingerprint density at radius 1 is 1.32 bits per heavy atom. The second kappa shape index (κ2) is 5.90. The SMILES string of the molecule is CS(=O)(=O)c1ccc(OCc2nc(CCl)cs2)cc1. The van der Waals surface area contributed by atoms with Crippen molar-refractivity contribution >= 4 is 32.8 Å². The van der Waals surface area contributed by atoms with Crippen molar-refractivity contribution < 1.29 is 13.2 Å². The van der Waals surface area contributed by atoms with Gasteiger partial charge < -0.3 is 4.74 Å². The van der Waals surface area contributed by atoms with Crippen LogP contribution in [0.4, 0.5) is 0 Å². The average molecular weight is 318 g/mol.